The van der Waals surface area contributed by atoms with Gasteiger partial charge in [-0.15, -0.1) is 0 Å². The normalized spacial score (nSPS) is 10.2. The predicted octanol–water partition coefficient (Wildman–Crippen LogP) is 2.38. The van der Waals surface area contributed by atoms with Gasteiger partial charge in [0.1, 0.15) is 5.82 Å². The number of benzene rings is 1. The Morgan fingerprint density at radius 1 is 1.56 bits per heavy atom. The van der Waals surface area contributed by atoms with Gasteiger partial charge in [0.05, 0.1) is 18.9 Å². The van der Waals surface area contributed by atoms with E-state index in [9.17, 15) is 9.18 Å². The molecule has 0 aromatic heterocycles. The number of carbonyl (C=O) groups is 1. The largest absolute Gasteiger partial charge is 0.481 e. The first-order valence-electron chi connectivity index (χ1n) is 4.67. The minimum absolute atomic E-state index is 0.139. The van der Waals surface area contributed by atoms with E-state index in [0.29, 0.717) is 11.1 Å². The smallest absolute Gasteiger partial charge is 0.307 e. The van der Waals surface area contributed by atoms with Gasteiger partial charge in [0, 0.05) is 5.56 Å². The highest BCUT2D eigenvalue weighted by Crippen LogP contribution is 2.12. The van der Waals surface area contributed by atoms with Crippen LogP contribution in [0.15, 0.2) is 24.3 Å². The summed E-state index contributed by atoms with van der Waals surface area (Å²) in [5.74, 6) is -1.41. The van der Waals surface area contributed by atoms with Gasteiger partial charge in [-0.2, -0.15) is 5.26 Å². The summed E-state index contributed by atoms with van der Waals surface area (Å²) in [5.41, 5.74) is 0.929. The van der Waals surface area contributed by atoms with Crippen LogP contribution in [0, 0.1) is 17.1 Å². The zero-order valence-electron chi connectivity index (χ0n) is 8.48. The number of rotatable bonds is 4. The van der Waals surface area contributed by atoms with Crippen LogP contribution in [0.5, 0.6) is 0 Å². The van der Waals surface area contributed by atoms with E-state index >= 15 is 0 Å². The molecule has 82 valence electrons. The Hall–Kier alpha value is -2.15. The predicted molar refractivity (Wildman–Crippen MR) is 57.0 cm³/mol. The molecule has 1 aromatic carbocycles. The fraction of sp³-hybridized carbons (Fsp3) is 0.167. The van der Waals surface area contributed by atoms with E-state index in [2.05, 4.69) is 0 Å². The number of halogens is 1. The van der Waals surface area contributed by atoms with Gasteiger partial charge in [0.2, 0.25) is 0 Å². The first-order valence-corrected chi connectivity index (χ1v) is 4.67. The Morgan fingerprint density at radius 2 is 2.31 bits per heavy atom. The molecule has 0 spiro atoms. The molecule has 0 fully saturated rings. The van der Waals surface area contributed by atoms with Gasteiger partial charge >= 0.3 is 5.97 Å². The standard InChI is InChI=1S/C12H10FNO2/c13-11-8-9(6-7-14)4-5-10(11)2-1-3-12(15)16/h1-2,4-5,8H,3,6H2,(H,15,16). The van der Waals surface area contributed by atoms with Crippen molar-refractivity contribution in [2.75, 3.05) is 0 Å². The van der Waals surface area contributed by atoms with Crippen molar-refractivity contribution < 1.29 is 14.3 Å². The summed E-state index contributed by atoms with van der Waals surface area (Å²) in [5, 5.41) is 16.8. The van der Waals surface area contributed by atoms with Crippen LogP contribution in [0.2, 0.25) is 0 Å². The fourth-order valence-electron chi connectivity index (χ4n) is 1.19. The molecular formula is C12H10FNO2. The summed E-state index contributed by atoms with van der Waals surface area (Å²) in [6, 6.07) is 6.38. The molecule has 1 aromatic rings. The Balaban J connectivity index is 2.79. The van der Waals surface area contributed by atoms with Gasteiger partial charge in [0.25, 0.3) is 0 Å². The van der Waals surface area contributed by atoms with Crippen molar-refractivity contribution in [1.29, 1.82) is 5.26 Å². The zero-order valence-corrected chi connectivity index (χ0v) is 8.48. The molecule has 0 heterocycles. The van der Waals surface area contributed by atoms with Gasteiger partial charge in [-0.25, -0.2) is 4.39 Å². The van der Waals surface area contributed by atoms with Crippen molar-refractivity contribution in [3.05, 3.63) is 41.2 Å². The first-order chi connectivity index (χ1) is 7.63. The number of aliphatic carboxylic acids is 1. The van der Waals surface area contributed by atoms with Crippen molar-refractivity contribution in [2.24, 2.45) is 0 Å². The van der Waals surface area contributed by atoms with Gasteiger partial charge in [-0.05, 0) is 11.6 Å². The Kier molecular flexibility index (Phi) is 4.22. The lowest BCUT2D eigenvalue weighted by atomic mass is 10.1. The minimum Gasteiger partial charge on any atom is -0.481 e. The van der Waals surface area contributed by atoms with Gasteiger partial charge in [-0.3, -0.25) is 4.79 Å². The summed E-state index contributed by atoms with van der Waals surface area (Å²) in [6.45, 7) is 0. The molecule has 0 radical (unpaired) electrons. The third-order valence-electron chi connectivity index (χ3n) is 1.94. The number of hydrogen-bond donors (Lipinski definition) is 1. The molecule has 0 unspecified atom stereocenters. The van der Waals surface area contributed by atoms with Crippen molar-refractivity contribution in [1.82, 2.24) is 0 Å². The van der Waals surface area contributed by atoms with Crippen molar-refractivity contribution >= 4 is 12.0 Å². The molecule has 0 atom stereocenters. The fourth-order valence-corrected chi connectivity index (χ4v) is 1.19. The third-order valence-corrected chi connectivity index (χ3v) is 1.94. The Morgan fingerprint density at radius 3 is 2.88 bits per heavy atom. The average molecular weight is 219 g/mol. The molecular weight excluding hydrogens is 209 g/mol. The molecule has 0 aliphatic rings. The molecule has 4 heteroatoms. The van der Waals surface area contributed by atoms with Crippen LogP contribution in [0.1, 0.15) is 17.5 Å². The lowest BCUT2D eigenvalue weighted by Gasteiger charge is -1.99. The molecule has 1 N–H and O–H groups in total. The lowest BCUT2D eigenvalue weighted by molar-refractivity contribution is -0.135. The number of carboxylic acids is 1. The molecule has 3 nitrogen and oxygen atoms in total. The molecule has 0 aliphatic carbocycles. The van der Waals surface area contributed by atoms with Crippen molar-refractivity contribution in [3.63, 3.8) is 0 Å². The van der Waals surface area contributed by atoms with Crippen LogP contribution in [0.3, 0.4) is 0 Å². The highest BCUT2D eigenvalue weighted by atomic mass is 19.1. The van der Waals surface area contributed by atoms with Crippen LogP contribution >= 0.6 is 0 Å². The molecule has 0 aliphatic heterocycles. The van der Waals surface area contributed by atoms with Gasteiger partial charge in [-0.1, -0.05) is 24.3 Å². The van der Waals surface area contributed by atoms with Crippen molar-refractivity contribution in [2.45, 2.75) is 12.8 Å². The molecule has 1 rings (SSSR count). The summed E-state index contributed by atoms with van der Waals surface area (Å²) < 4.78 is 13.4. The number of hydrogen-bond acceptors (Lipinski definition) is 2. The van der Waals surface area contributed by atoms with E-state index in [1.54, 1.807) is 6.07 Å². The quantitative estimate of drug-likeness (QED) is 0.845. The summed E-state index contributed by atoms with van der Waals surface area (Å²) >= 11 is 0. The molecule has 16 heavy (non-hydrogen) atoms. The lowest BCUT2D eigenvalue weighted by Crippen LogP contribution is -1.91. The monoisotopic (exact) mass is 219 g/mol. The number of nitriles is 1. The highest BCUT2D eigenvalue weighted by molar-refractivity contribution is 5.70. The minimum atomic E-state index is -0.960. The average Bonchev–Trinajstić information content (AvgIpc) is 2.21. The second-order valence-electron chi connectivity index (χ2n) is 3.19. The van der Waals surface area contributed by atoms with E-state index in [1.807, 2.05) is 6.07 Å². The van der Waals surface area contributed by atoms with Crippen LogP contribution < -0.4 is 0 Å². The van der Waals surface area contributed by atoms with Crippen LogP contribution in [-0.2, 0) is 11.2 Å². The van der Waals surface area contributed by atoms with E-state index in [1.165, 1.54) is 24.3 Å². The Bertz CT molecular complexity index is 461. The molecule has 0 saturated carbocycles. The number of nitrogens with zero attached hydrogens (tertiary/aromatic N) is 1. The summed E-state index contributed by atoms with van der Waals surface area (Å²) in [7, 11) is 0. The molecule has 0 saturated heterocycles. The SMILES string of the molecule is N#CCc1ccc(C=CCC(=O)O)c(F)c1. The highest BCUT2D eigenvalue weighted by Gasteiger charge is 2.00. The van der Waals surface area contributed by atoms with E-state index in [-0.39, 0.29) is 12.8 Å². The van der Waals surface area contributed by atoms with E-state index < -0.39 is 11.8 Å². The maximum atomic E-state index is 13.4. The first kappa shape index (κ1) is 11.9. The van der Waals surface area contributed by atoms with E-state index in [4.69, 9.17) is 10.4 Å². The van der Waals surface area contributed by atoms with Crippen LogP contribution in [-0.4, -0.2) is 11.1 Å². The maximum Gasteiger partial charge on any atom is 0.307 e. The van der Waals surface area contributed by atoms with Crippen LogP contribution in [0.25, 0.3) is 6.08 Å². The molecule has 0 amide bonds. The van der Waals surface area contributed by atoms with Crippen molar-refractivity contribution in [3.8, 4) is 6.07 Å². The second-order valence-corrected chi connectivity index (χ2v) is 3.19. The summed E-state index contributed by atoms with van der Waals surface area (Å²) in [4.78, 5) is 10.2. The molecule has 0 bridgehead atoms. The maximum absolute atomic E-state index is 13.4. The third kappa shape index (κ3) is 3.54. The number of carboxylic acid groups (broad SMARTS) is 1. The van der Waals surface area contributed by atoms with Gasteiger partial charge < -0.3 is 5.11 Å². The van der Waals surface area contributed by atoms with Crippen LogP contribution in [0.4, 0.5) is 4.39 Å². The second kappa shape index (κ2) is 5.66. The van der Waals surface area contributed by atoms with E-state index in [0.717, 1.165) is 0 Å². The Labute approximate surface area is 92.4 Å². The zero-order chi connectivity index (χ0) is 12.0. The van der Waals surface area contributed by atoms with Gasteiger partial charge in [0.15, 0.2) is 0 Å². The topological polar surface area (TPSA) is 61.1 Å². The summed E-state index contributed by atoms with van der Waals surface area (Å²) in [6.07, 6.45) is 2.82.